The first-order valence-corrected chi connectivity index (χ1v) is 8.28. The number of benzene rings is 2. The first-order valence-electron chi connectivity index (χ1n) is 7.13. The highest BCUT2D eigenvalue weighted by Crippen LogP contribution is 2.24. The van der Waals surface area contributed by atoms with Crippen LogP contribution in [0.25, 0.3) is 0 Å². The summed E-state index contributed by atoms with van der Waals surface area (Å²) in [6.45, 7) is 4.81. The highest BCUT2D eigenvalue weighted by atomic mass is 32.2. The van der Waals surface area contributed by atoms with E-state index >= 15 is 0 Å². The minimum atomic E-state index is 0.513. The van der Waals surface area contributed by atoms with E-state index in [2.05, 4.69) is 50.2 Å². The van der Waals surface area contributed by atoms with Crippen LogP contribution in [-0.4, -0.2) is 7.11 Å². The predicted molar refractivity (Wildman–Crippen MR) is 91.8 cm³/mol. The maximum Gasteiger partial charge on any atom is 0.123 e. The Morgan fingerprint density at radius 2 is 1.62 bits per heavy atom. The highest BCUT2D eigenvalue weighted by Gasteiger charge is 2.04. The minimum absolute atomic E-state index is 0.513. The zero-order chi connectivity index (χ0) is 15.2. The third-order valence-corrected chi connectivity index (χ3v) is 4.47. The Morgan fingerprint density at radius 1 is 0.952 bits per heavy atom. The fourth-order valence-corrected chi connectivity index (χ4v) is 3.41. The Morgan fingerprint density at radius 3 is 2.24 bits per heavy atom. The molecule has 112 valence electrons. The van der Waals surface area contributed by atoms with Crippen molar-refractivity contribution in [1.82, 2.24) is 0 Å². The van der Waals surface area contributed by atoms with Gasteiger partial charge in [0.05, 0.1) is 7.11 Å². The summed E-state index contributed by atoms with van der Waals surface area (Å²) in [5, 5.41) is 0. The van der Waals surface area contributed by atoms with E-state index in [-0.39, 0.29) is 0 Å². The molecule has 0 bridgehead atoms. The standard InChI is InChI=1S/C18H23NOS/c1-13-6-14(2)8-16(7-13)12-21-11-15-4-5-17(10-19)18(9-15)20-3/h4-9H,10-12,19H2,1-3H3. The van der Waals surface area contributed by atoms with Crippen LogP contribution in [0, 0.1) is 13.8 Å². The normalized spacial score (nSPS) is 10.7. The average molecular weight is 301 g/mol. The van der Waals surface area contributed by atoms with Gasteiger partial charge in [0.15, 0.2) is 0 Å². The van der Waals surface area contributed by atoms with Gasteiger partial charge in [0.2, 0.25) is 0 Å². The average Bonchev–Trinajstić information content (AvgIpc) is 2.46. The van der Waals surface area contributed by atoms with Gasteiger partial charge in [-0.15, -0.1) is 0 Å². The Balaban J connectivity index is 1.97. The van der Waals surface area contributed by atoms with E-state index < -0.39 is 0 Å². The maximum atomic E-state index is 5.70. The molecular weight excluding hydrogens is 278 g/mol. The molecule has 2 N–H and O–H groups in total. The van der Waals surface area contributed by atoms with Gasteiger partial charge in [-0.2, -0.15) is 11.8 Å². The Hall–Kier alpha value is -1.45. The lowest BCUT2D eigenvalue weighted by atomic mass is 10.1. The number of hydrogen-bond donors (Lipinski definition) is 1. The van der Waals surface area contributed by atoms with Gasteiger partial charge in [0.1, 0.15) is 5.75 Å². The molecule has 0 atom stereocenters. The summed E-state index contributed by atoms with van der Waals surface area (Å²) < 4.78 is 5.38. The fourth-order valence-electron chi connectivity index (χ4n) is 2.49. The summed E-state index contributed by atoms with van der Waals surface area (Å²) in [6, 6.07) is 13.0. The van der Waals surface area contributed by atoms with Crippen LogP contribution in [0.15, 0.2) is 36.4 Å². The van der Waals surface area contributed by atoms with Crippen LogP contribution in [0.3, 0.4) is 0 Å². The molecule has 2 aromatic rings. The van der Waals surface area contributed by atoms with Crippen LogP contribution in [0.2, 0.25) is 0 Å². The zero-order valence-corrected chi connectivity index (χ0v) is 13.8. The van der Waals surface area contributed by atoms with Gasteiger partial charge >= 0.3 is 0 Å². The second-order valence-electron chi connectivity index (χ2n) is 5.34. The zero-order valence-electron chi connectivity index (χ0n) is 13.0. The minimum Gasteiger partial charge on any atom is -0.496 e. The lowest BCUT2D eigenvalue weighted by Gasteiger charge is -2.09. The topological polar surface area (TPSA) is 35.2 Å². The maximum absolute atomic E-state index is 5.70. The summed E-state index contributed by atoms with van der Waals surface area (Å²) >= 11 is 1.92. The molecule has 3 heteroatoms. The third kappa shape index (κ3) is 4.51. The molecule has 2 nitrogen and oxygen atoms in total. The molecule has 0 radical (unpaired) electrons. The van der Waals surface area contributed by atoms with Crippen molar-refractivity contribution in [3.05, 3.63) is 64.2 Å². The van der Waals surface area contributed by atoms with Gasteiger partial charge in [-0.25, -0.2) is 0 Å². The smallest absolute Gasteiger partial charge is 0.123 e. The largest absolute Gasteiger partial charge is 0.496 e. The summed E-state index contributed by atoms with van der Waals surface area (Å²) in [6.07, 6.45) is 0. The van der Waals surface area contributed by atoms with Crippen molar-refractivity contribution in [2.75, 3.05) is 7.11 Å². The van der Waals surface area contributed by atoms with Crippen molar-refractivity contribution in [2.24, 2.45) is 5.73 Å². The summed E-state index contributed by atoms with van der Waals surface area (Å²) in [7, 11) is 1.70. The fraction of sp³-hybridized carbons (Fsp3) is 0.333. The van der Waals surface area contributed by atoms with Crippen LogP contribution >= 0.6 is 11.8 Å². The molecule has 0 saturated carbocycles. The Labute approximate surface area is 131 Å². The number of rotatable bonds is 6. The second-order valence-corrected chi connectivity index (χ2v) is 6.32. The second kappa shape index (κ2) is 7.53. The number of thioether (sulfide) groups is 1. The molecule has 0 spiro atoms. The van der Waals surface area contributed by atoms with E-state index in [1.165, 1.54) is 22.3 Å². The van der Waals surface area contributed by atoms with E-state index in [4.69, 9.17) is 10.5 Å². The molecule has 0 unspecified atom stereocenters. The molecule has 2 rings (SSSR count). The third-order valence-electron chi connectivity index (χ3n) is 3.39. The molecule has 0 aromatic heterocycles. The van der Waals surface area contributed by atoms with Gasteiger partial charge in [-0.3, -0.25) is 0 Å². The van der Waals surface area contributed by atoms with Gasteiger partial charge < -0.3 is 10.5 Å². The molecule has 0 fully saturated rings. The molecule has 0 heterocycles. The molecule has 0 amide bonds. The molecule has 0 aliphatic rings. The molecule has 2 aromatic carbocycles. The van der Waals surface area contributed by atoms with Gasteiger partial charge in [0.25, 0.3) is 0 Å². The van der Waals surface area contributed by atoms with Crippen molar-refractivity contribution in [3.8, 4) is 5.75 Å². The number of ether oxygens (including phenoxy) is 1. The van der Waals surface area contributed by atoms with Crippen LogP contribution in [0.4, 0.5) is 0 Å². The van der Waals surface area contributed by atoms with Crippen molar-refractivity contribution in [3.63, 3.8) is 0 Å². The lowest BCUT2D eigenvalue weighted by Crippen LogP contribution is -2.00. The quantitative estimate of drug-likeness (QED) is 0.868. The number of methoxy groups -OCH3 is 1. The number of hydrogen-bond acceptors (Lipinski definition) is 3. The van der Waals surface area contributed by atoms with Crippen LogP contribution < -0.4 is 10.5 Å². The van der Waals surface area contributed by atoms with E-state index in [0.717, 1.165) is 22.8 Å². The number of aryl methyl sites for hydroxylation is 2. The van der Waals surface area contributed by atoms with E-state index in [1.807, 2.05) is 11.8 Å². The van der Waals surface area contributed by atoms with E-state index in [0.29, 0.717) is 6.54 Å². The monoisotopic (exact) mass is 301 g/mol. The molecule has 0 saturated heterocycles. The first-order chi connectivity index (χ1) is 10.1. The van der Waals surface area contributed by atoms with Gasteiger partial charge in [-0.05, 0) is 31.0 Å². The SMILES string of the molecule is COc1cc(CSCc2cc(C)cc(C)c2)ccc1CN. The molecule has 21 heavy (non-hydrogen) atoms. The van der Waals surface area contributed by atoms with Crippen molar-refractivity contribution in [1.29, 1.82) is 0 Å². The molecule has 0 aliphatic heterocycles. The van der Waals surface area contributed by atoms with E-state index in [1.54, 1.807) is 7.11 Å². The van der Waals surface area contributed by atoms with Gasteiger partial charge in [-0.1, -0.05) is 41.5 Å². The Kier molecular flexibility index (Phi) is 5.71. The van der Waals surface area contributed by atoms with Crippen molar-refractivity contribution >= 4 is 11.8 Å². The summed E-state index contributed by atoms with van der Waals surface area (Å²) in [5.41, 5.74) is 12.1. The van der Waals surface area contributed by atoms with Crippen molar-refractivity contribution < 1.29 is 4.74 Å². The number of nitrogens with two attached hydrogens (primary N) is 1. The van der Waals surface area contributed by atoms with E-state index in [9.17, 15) is 0 Å². The summed E-state index contributed by atoms with van der Waals surface area (Å²) in [5.74, 6) is 2.90. The van der Waals surface area contributed by atoms with Crippen LogP contribution in [0.5, 0.6) is 5.75 Å². The highest BCUT2D eigenvalue weighted by molar-refractivity contribution is 7.97. The Bertz CT molecular complexity index is 590. The lowest BCUT2D eigenvalue weighted by molar-refractivity contribution is 0.409. The first kappa shape index (κ1) is 15.9. The summed E-state index contributed by atoms with van der Waals surface area (Å²) in [4.78, 5) is 0. The molecule has 0 aliphatic carbocycles. The van der Waals surface area contributed by atoms with Gasteiger partial charge in [0, 0.05) is 23.6 Å². The van der Waals surface area contributed by atoms with Crippen molar-refractivity contribution in [2.45, 2.75) is 31.9 Å². The van der Waals surface area contributed by atoms with Crippen LogP contribution in [-0.2, 0) is 18.1 Å². The van der Waals surface area contributed by atoms with Crippen LogP contribution in [0.1, 0.15) is 27.8 Å². The predicted octanol–water partition coefficient (Wildman–Crippen LogP) is 4.20. The molecular formula is C18H23NOS.